The lowest BCUT2D eigenvalue weighted by Gasteiger charge is -2.14. The predicted molar refractivity (Wildman–Crippen MR) is 71.7 cm³/mol. The molecule has 0 radical (unpaired) electrons. The van der Waals surface area contributed by atoms with Crippen LogP contribution in [0.15, 0.2) is 24.3 Å². The SMILES string of the molecule is CC(NC(=O)C1CC1)c1cccc(C#CCN)c1. The van der Waals surface area contributed by atoms with Gasteiger partial charge < -0.3 is 11.1 Å². The summed E-state index contributed by atoms with van der Waals surface area (Å²) in [7, 11) is 0. The van der Waals surface area contributed by atoms with Crippen LogP contribution in [-0.2, 0) is 4.79 Å². The first-order chi connectivity index (χ1) is 8.70. The number of rotatable bonds is 3. The number of carbonyl (C=O) groups excluding carboxylic acids is 1. The molecule has 18 heavy (non-hydrogen) atoms. The highest BCUT2D eigenvalue weighted by atomic mass is 16.2. The Kier molecular flexibility index (Phi) is 4.01. The highest BCUT2D eigenvalue weighted by Gasteiger charge is 2.30. The molecule has 1 atom stereocenters. The van der Waals surface area contributed by atoms with Gasteiger partial charge in [0.25, 0.3) is 0 Å². The number of carbonyl (C=O) groups is 1. The van der Waals surface area contributed by atoms with E-state index in [9.17, 15) is 4.79 Å². The molecule has 0 aliphatic heterocycles. The van der Waals surface area contributed by atoms with Gasteiger partial charge in [0.15, 0.2) is 0 Å². The van der Waals surface area contributed by atoms with Crippen molar-refractivity contribution in [2.45, 2.75) is 25.8 Å². The van der Waals surface area contributed by atoms with E-state index in [1.165, 1.54) is 0 Å². The Morgan fingerprint density at radius 2 is 2.33 bits per heavy atom. The molecule has 0 spiro atoms. The summed E-state index contributed by atoms with van der Waals surface area (Å²) in [4.78, 5) is 11.7. The zero-order valence-corrected chi connectivity index (χ0v) is 10.6. The standard InChI is InChI=1S/C15H18N2O/c1-11(17-15(18)13-7-8-13)14-6-2-4-12(10-14)5-3-9-16/h2,4,6,10-11,13H,7-9,16H2,1H3,(H,17,18). The highest BCUT2D eigenvalue weighted by Crippen LogP contribution is 2.29. The van der Waals surface area contributed by atoms with Crippen LogP contribution >= 0.6 is 0 Å². The van der Waals surface area contributed by atoms with Crippen molar-refractivity contribution in [1.82, 2.24) is 5.32 Å². The van der Waals surface area contributed by atoms with Crippen LogP contribution in [0.3, 0.4) is 0 Å². The maximum Gasteiger partial charge on any atom is 0.223 e. The maximum atomic E-state index is 11.7. The fraction of sp³-hybridized carbons (Fsp3) is 0.400. The molecular weight excluding hydrogens is 224 g/mol. The fourth-order valence-electron chi connectivity index (χ4n) is 1.80. The molecule has 3 heteroatoms. The van der Waals surface area contributed by atoms with Crippen LogP contribution in [0.1, 0.15) is 36.9 Å². The van der Waals surface area contributed by atoms with Crippen molar-refractivity contribution in [3.63, 3.8) is 0 Å². The molecule has 94 valence electrons. The molecule has 0 heterocycles. The molecule has 0 bridgehead atoms. The third kappa shape index (κ3) is 3.35. The number of hydrogen-bond donors (Lipinski definition) is 2. The van der Waals surface area contributed by atoms with Crippen LogP contribution in [0, 0.1) is 17.8 Å². The zero-order valence-electron chi connectivity index (χ0n) is 10.6. The summed E-state index contributed by atoms with van der Waals surface area (Å²) in [5.41, 5.74) is 7.36. The van der Waals surface area contributed by atoms with Gasteiger partial charge in [-0.2, -0.15) is 0 Å². The van der Waals surface area contributed by atoms with E-state index < -0.39 is 0 Å². The van der Waals surface area contributed by atoms with E-state index in [0.717, 1.165) is 24.0 Å². The van der Waals surface area contributed by atoms with E-state index >= 15 is 0 Å². The Bertz CT molecular complexity index is 495. The van der Waals surface area contributed by atoms with Gasteiger partial charge in [-0.15, -0.1) is 0 Å². The molecule has 1 saturated carbocycles. The summed E-state index contributed by atoms with van der Waals surface area (Å²) in [6, 6.07) is 7.93. The fourth-order valence-corrected chi connectivity index (χ4v) is 1.80. The zero-order chi connectivity index (χ0) is 13.0. The average molecular weight is 242 g/mol. The first-order valence-corrected chi connectivity index (χ1v) is 6.30. The lowest BCUT2D eigenvalue weighted by atomic mass is 10.1. The molecule has 1 aliphatic rings. The topological polar surface area (TPSA) is 55.1 Å². The van der Waals surface area contributed by atoms with Crippen LogP contribution in [-0.4, -0.2) is 12.5 Å². The minimum atomic E-state index is 0.0257. The Balaban J connectivity index is 2.04. The van der Waals surface area contributed by atoms with Crippen molar-refractivity contribution in [2.24, 2.45) is 11.7 Å². The first-order valence-electron chi connectivity index (χ1n) is 6.30. The summed E-state index contributed by atoms with van der Waals surface area (Å²) in [6.45, 7) is 2.36. The van der Waals surface area contributed by atoms with E-state index in [2.05, 4.69) is 17.2 Å². The molecule has 0 aromatic heterocycles. The van der Waals surface area contributed by atoms with E-state index in [1.807, 2.05) is 31.2 Å². The third-order valence-corrected chi connectivity index (χ3v) is 3.03. The summed E-state index contributed by atoms with van der Waals surface area (Å²) in [6.07, 6.45) is 2.06. The molecule has 1 aromatic rings. The molecule has 1 fully saturated rings. The van der Waals surface area contributed by atoms with Crippen LogP contribution in [0.25, 0.3) is 0 Å². The Morgan fingerprint density at radius 1 is 1.56 bits per heavy atom. The number of hydrogen-bond acceptors (Lipinski definition) is 2. The van der Waals surface area contributed by atoms with Gasteiger partial charge in [-0.05, 0) is 37.5 Å². The van der Waals surface area contributed by atoms with Crippen molar-refractivity contribution in [3.05, 3.63) is 35.4 Å². The van der Waals surface area contributed by atoms with Crippen LogP contribution in [0.5, 0.6) is 0 Å². The van der Waals surface area contributed by atoms with Crippen molar-refractivity contribution < 1.29 is 4.79 Å². The average Bonchev–Trinajstić information content (AvgIpc) is 3.21. The molecule has 1 unspecified atom stereocenters. The van der Waals surface area contributed by atoms with E-state index in [-0.39, 0.29) is 17.9 Å². The van der Waals surface area contributed by atoms with Crippen LogP contribution < -0.4 is 11.1 Å². The minimum Gasteiger partial charge on any atom is -0.349 e. The molecule has 3 nitrogen and oxygen atoms in total. The lowest BCUT2D eigenvalue weighted by molar-refractivity contribution is -0.122. The van der Waals surface area contributed by atoms with Gasteiger partial charge in [-0.25, -0.2) is 0 Å². The van der Waals surface area contributed by atoms with E-state index in [1.54, 1.807) is 0 Å². The number of benzene rings is 1. The molecule has 3 N–H and O–H groups in total. The number of nitrogens with one attached hydrogen (secondary N) is 1. The summed E-state index contributed by atoms with van der Waals surface area (Å²) < 4.78 is 0. The van der Waals surface area contributed by atoms with Crippen molar-refractivity contribution in [1.29, 1.82) is 0 Å². The molecular formula is C15H18N2O. The summed E-state index contributed by atoms with van der Waals surface area (Å²) in [5, 5.41) is 3.03. The Morgan fingerprint density at radius 3 is 3.00 bits per heavy atom. The number of amides is 1. The lowest BCUT2D eigenvalue weighted by Crippen LogP contribution is -2.27. The van der Waals surface area contributed by atoms with Gasteiger partial charge in [-0.3, -0.25) is 4.79 Å². The smallest absolute Gasteiger partial charge is 0.223 e. The van der Waals surface area contributed by atoms with Crippen LogP contribution in [0.4, 0.5) is 0 Å². The first kappa shape index (κ1) is 12.7. The predicted octanol–water partition coefficient (Wildman–Crippen LogP) is 1.58. The van der Waals surface area contributed by atoms with E-state index in [0.29, 0.717) is 6.54 Å². The Labute approximate surface area is 108 Å². The van der Waals surface area contributed by atoms with Crippen molar-refractivity contribution in [3.8, 4) is 11.8 Å². The Hall–Kier alpha value is -1.79. The molecule has 2 rings (SSSR count). The molecule has 1 aromatic carbocycles. The molecule has 1 aliphatic carbocycles. The van der Waals surface area contributed by atoms with Gasteiger partial charge in [-0.1, -0.05) is 24.0 Å². The monoisotopic (exact) mass is 242 g/mol. The second-order valence-electron chi connectivity index (χ2n) is 4.64. The summed E-state index contributed by atoms with van der Waals surface area (Å²) in [5.74, 6) is 6.24. The van der Waals surface area contributed by atoms with Gasteiger partial charge in [0.2, 0.25) is 5.91 Å². The van der Waals surface area contributed by atoms with Gasteiger partial charge in [0.1, 0.15) is 0 Å². The quantitative estimate of drug-likeness (QED) is 0.791. The summed E-state index contributed by atoms with van der Waals surface area (Å²) >= 11 is 0. The van der Waals surface area contributed by atoms with Crippen LogP contribution in [0.2, 0.25) is 0 Å². The second-order valence-corrected chi connectivity index (χ2v) is 4.64. The normalized spacial score (nSPS) is 15.4. The molecule has 1 amide bonds. The maximum absolute atomic E-state index is 11.7. The molecule has 0 saturated heterocycles. The number of nitrogens with two attached hydrogens (primary N) is 1. The third-order valence-electron chi connectivity index (χ3n) is 3.03. The van der Waals surface area contributed by atoms with Crippen molar-refractivity contribution in [2.75, 3.05) is 6.54 Å². The van der Waals surface area contributed by atoms with E-state index in [4.69, 9.17) is 5.73 Å². The van der Waals surface area contributed by atoms with Gasteiger partial charge in [0, 0.05) is 11.5 Å². The highest BCUT2D eigenvalue weighted by molar-refractivity contribution is 5.81. The van der Waals surface area contributed by atoms with Crippen molar-refractivity contribution >= 4 is 5.91 Å². The van der Waals surface area contributed by atoms with Gasteiger partial charge >= 0.3 is 0 Å². The largest absolute Gasteiger partial charge is 0.349 e. The second kappa shape index (κ2) is 5.70. The minimum absolute atomic E-state index is 0.0257. The van der Waals surface area contributed by atoms with Gasteiger partial charge in [0.05, 0.1) is 12.6 Å².